The Kier molecular flexibility index (Phi) is 6.24. The lowest BCUT2D eigenvalue weighted by Gasteiger charge is -2.25. The van der Waals surface area contributed by atoms with Gasteiger partial charge in [-0.05, 0) is 48.7 Å². The minimum atomic E-state index is 0.270. The second-order valence-electron chi connectivity index (χ2n) is 7.43. The van der Waals surface area contributed by atoms with Crippen molar-refractivity contribution in [2.75, 3.05) is 17.3 Å². The fourth-order valence-corrected chi connectivity index (χ4v) is 3.56. The number of pyridine rings is 1. The van der Waals surface area contributed by atoms with E-state index < -0.39 is 0 Å². The highest BCUT2D eigenvalue weighted by molar-refractivity contribution is 5.69. The predicted molar refractivity (Wildman–Crippen MR) is 126 cm³/mol. The lowest BCUT2D eigenvalue weighted by Crippen LogP contribution is -2.24. The molecule has 34 heavy (non-hydrogen) atoms. The van der Waals surface area contributed by atoms with E-state index in [0.29, 0.717) is 29.7 Å². The lowest BCUT2D eigenvalue weighted by atomic mass is 10.1. The number of rotatable bonds is 8. The molecule has 0 saturated carbocycles. The maximum atomic E-state index is 6.10. The van der Waals surface area contributed by atoms with E-state index in [1.165, 1.54) is 18.8 Å². The van der Waals surface area contributed by atoms with E-state index in [-0.39, 0.29) is 6.01 Å². The maximum Gasteiger partial charge on any atom is 0.330 e. The number of anilines is 2. The molecule has 3 aromatic rings. The van der Waals surface area contributed by atoms with E-state index in [1.807, 2.05) is 48.6 Å². The quantitative estimate of drug-likeness (QED) is 0.495. The molecule has 2 aromatic heterocycles. The second-order valence-corrected chi connectivity index (χ2v) is 7.43. The largest absolute Gasteiger partial charge is 0.497 e. The smallest absolute Gasteiger partial charge is 0.330 e. The summed E-state index contributed by atoms with van der Waals surface area (Å²) in [5, 5.41) is 11.9. The van der Waals surface area contributed by atoms with Crippen molar-refractivity contribution in [3.05, 3.63) is 96.8 Å². The van der Waals surface area contributed by atoms with E-state index in [4.69, 9.17) is 18.6 Å². The highest BCUT2D eigenvalue weighted by Gasteiger charge is 2.26. The zero-order chi connectivity index (χ0) is 23.2. The highest BCUT2D eigenvalue weighted by atomic mass is 16.5. The summed E-state index contributed by atoms with van der Waals surface area (Å²) in [5.41, 5.74) is 2.73. The van der Waals surface area contributed by atoms with Gasteiger partial charge in [0, 0.05) is 18.4 Å². The predicted octanol–water partition coefficient (Wildman–Crippen LogP) is 5.11. The van der Waals surface area contributed by atoms with Gasteiger partial charge in [0.1, 0.15) is 24.1 Å². The monoisotopic (exact) mass is 457 g/mol. The Hall–Kier alpha value is -4.53. The Bertz CT molecular complexity index is 1260. The Morgan fingerprint density at radius 1 is 1.12 bits per heavy atom. The van der Waals surface area contributed by atoms with Crippen molar-refractivity contribution >= 4 is 11.8 Å². The molecule has 0 bridgehead atoms. The minimum absolute atomic E-state index is 0.270. The number of hydrogen-bond acceptors (Lipinski definition) is 9. The summed E-state index contributed by atoms with van der Waals surface area (Å²) in [6, 6.07) is 11.8. The van der Waals surface area contributed by atoms with Gasteiger partial charge in [-0.1, -0.05) is 29.4 Å². The number of nitrogens with zero attached hydrogens (tertiary/aromatic N) is 4. The molecule has 0 spiro atoms. The molecular weight excluding hydrogens is 434 g/mol. The van der Waals surface area contributed by atoms with Crippen LogP contribution in [0.1, 0.15) is 18.4 Å². The van der Waals surface area contributed by atoms with Crippen molar-refractivity contribution < 1.29 is 18.6 Å². The zero-order valence-electron chi connectivity index (χ0n) is 18.5. The van der Waals surface area contributed by atoms with Crippen LogP contribution >= 0.6 is 0 Å². The van der Waals surface area contributed by atoms with Crippen molar-refractivity contribution in [3.63, 3.8) is 0 Å². The van der Waals surface area contributed by atoms with Crippen molar-refractivity contribution in [2.24, 2.45) is 0 Å². The molecule has 0 unspecified atom stereocenters. The maximum absolute atomic E-state index is 6.10. The van der Waals surface area contributed by atoms with Crippen LogP contribution in [0.3, 0.4) is 0 Å². The van der Waals surface area contributed by atoms with Crippen LogP contribution < -0.4 is 15.0 Å². The van der Waals surface area contributed by atoms with Crippen LogP contribution in [0, 0.1) is 0 Å². The third kappa shape index (κ3) is 4.63. The van der Waals surface area contributed by atoms with Gasteiger partial charge in [-0.2, -0.15) is 0 Å². The average molecular weight is 457 g/mol. The van der Waals surface area contributed by atoms with Gasteiger partial charge < -0.3 is 23.9 Å². The molecule has 1 aliphatic carbocycles. The molecule has 0 fully saturated rings. The third-order valence-corrected chi connectivity index (χ3v) is 5.25. The number of allylic oxidation sites excluding steroid dienone is 4. The molecule has 1 aromatic carbocycles. The number of hydrogen-bond donors (Lipinski definition) is 1. The summed E-state index contributed by atoms with van der Waals surface area (Å²) in [6.07, 6.45) is 13.9. The fourth-order valence-electron chi connectivity index (χ4n) is 3.56. The summed E-state index contributed by atoms with van der Waals surface area (Å²) >= 11 is 0. The van der Waals surface area contributed by atoms with Crippen molar-refractivity contribution in [1.29, 1.82) is 0 Å². The van der Waals surface area contributed by atoms with Crippen LogP contribution in [0.4, 0.5) is 11.8 Å². The number of methoxy groups -OCH3 is 1. The van der Waals surface area contributed by atoms with Gasteiger partial charge in [0.25, 0.3) is 5.89 Å². The van der Waals surface area contributed by atoms with Crippen LogP contribution in [0.15, 0.2) is 95.6 Å². The van der Waals surface area contributed by atoms with E-state index in [1.54, 1.807) is 18.2 Å². The van der Waals surface area contributed by atoms with Crippen LogP contribution in [0.25, 0.3) is 11.5 Å². The van der Waals surface area contributed by atoms with Crippen LogP contribution in [-0.4, -0.2) is 22.3 Å². The van der Waals surface area contributed by atoms with E-state index in [9.17, 15) is 0 Å². The Morgan fingerprint density at radius 3 is 2.79 bits per heavy atom. The van der Waals surface area contributed by atoms with Crippen molar-refractivity contribution in [2.45, 2.75) is 19.4 Å². The zero-order valence-corrected chi connectivity index (χ0v) is 18.5. The van der Waals surface area contributed by atoms with E-state index in [2.05, 4.69) is 26.6 Å². The summed E-state index contributed by atoms with van der Waals surface area (Å²) in [6.45, 7) is 0.574. The molecule has 0 atom stereocenters. The number of ether oxygens (including phenoxy) is 3. The van der Waals surface area contributed by atoms with Crippen molar-refractivity contribution in [3.8, 4) is 17.2 Å². The van der Waals surface area contributed by atoms with Crippen molar-refractivity contribution in [1.82, 2.24) is 15.2 Å². The normalized spacial score (nSPS) is 14.5. The Labute approximate surface area is 196 Å². The van der Waals surface area contributed by atoms with Gasteiger partial charge in [0.15, 0.2) is 6.26 Å². The van der Waals surface area contributed by atoms with Gasteiger partial charge in [-0.25, -0.2) is 9.88 Å². The summed E-state index contributed by atoms with van der Waals surface area (Å²) < 4.78 is 22.3. The molecule has 172 valence electrons. The topological polar surface area (TPSA) is 94.8 Å². The first-order valence-corrected chi connectivity index (χ1v) is 10.8. The molecule has 5 rings (SSSR count). The Balaban J connectivity index is 1.40. The molecule has 0 amide bonds. The first-order chi connectivity index (χ1) is 16.8. The summed E-state index contributed by atoms with van der Waals surface area (Å²) in [7, 11) is 1.65. The molecule has 9 nitrogen and oxygen atoms in total. The SMILES string of the molecule is COc1ccc(CNc2ncccc2-c2nnc(N(C3=CC=CCC3)C3=COC=CO3)o2)cc1. The van der Waals surface area contributed by atoms with Crippen LogP contribution in [0.5, 0.6) is 5.75 Å². The van der Waals surface area contributed by atoms with E-state index >= 15 is 0 Å². The van der Waals surface area contributed by atoms with Gasteiger partial charge in [-0.15, -0.1) is 5.10 Å². The lowest BCUT2D eigenvalue weighted by molar-refractivity contribution is 0.247. The van der Waals surface area contributed by atoms with Crippen LogP contribution in [-0.2, 0) is 16.0 Å². The molecule has 1 aliphatic heterocycles. The molecule has 1 N–H and O–H groups in total. The standard InChI is InChI=1S/C25H23N5O4/c1-31-20-11-9-18(10-12-20)16-27-23-21(8-5-13-26-23)24-28-29-25(34-24)30(19-6-3-2-4-7-19)22-17-32-14-15-33-22/h2-3,5-6,8-15,17H,4,7,16H2,1H3,(H,26,27). The second kappa shape index (κ2) is 9.95. The average Bonchev–Trinajstić information content (AvgIpc) is 3.39. The number of benzene rings is 1. The molecular formula is C25H23N5O4. The third-order valence-electron chi connectivity index (χ3n) is 5.25. The molecule has 2 aliphatic rings. The molecule has 0 saturated heterocycles. The number of aromatic nitrogens is 3. The first kappa shape index (κ1) is 21.3. The first-order valence-electron chi connectivity index (χ1n) is 10.8. The van der Waals surface area contributed by atoms with Crippen LogP contribution in [0.2, 0.25) is 0 Å². The highest BCUT2D eigenvalue weighted by Crippen LogP contribution is 2.33. The van der Waals surface area contributed by atoms with E-state index in [0.717, 1.165) is 29.9 Å². The van der Waals surface area contributed by atoms with Gasteiger partial charge in [-0.3, -0.25) is 0 Å². The fraction of sp³-hybridized carbons (Fsp3) is 0.160. The molecule has 9 heteroatoms. The number of nitrogens with one attached hydrogen (secondary N) is 1. The molecule has 3 heterocycles. The summed E-state index contributed by atoms with van der Waals surface area (Å²) in [4.78, 5) is 6.23. The van der Waals surface area contributed by atoms with Gasteiger partial charge in [0.2, 0.25) is 5.88 Å². The van der Waals surface area contributed by atoms with Gasteiger partial charge >= 0.3 is 6.01 Å². The van der Waals surface area contributed by atoms with Gasteiger partial charge in [0.05, 0.1) is 12.7 Å². The minimum Gasteiger partial charge on any atom is -0.497 e. The Morgan fingerprint density at radius 2 is 2.03 bits per heavy atom. The summed E-state index contributed by atoms with van der Waals surface area (Å²) in [5.74, 6) is 2.22. The molecule has 0 radical (unpaired) electrons.